The minimum absolute atomic E-state index is 0.178. The van der Waals surface area contributed by atoms with Crippen LogP contribution >= 0.6 is 0 Å². The molecular weight excluding hydrogens is 358 g/mol. The zero-order valence-electron chi connectivity index (χ0n) is 15.4. The molecule has 3 rings (SSSR count). The van der Waals surface area contributed by atoms with Crippen LogP contribution in [0.15, 0.2) is 71.3 Å². The molecule has 0 fully saturated rings. The van der Waals surface area contributed by atoms with Crippen molar-refractivity contribution in [1.82, 2.24) is 10.6 Å². The largest absolute Gasteiger partial charge is 0.467 e. The summed E-state index contributed by atoms with van der Waals surface area (Å²) in [6.45, 7) is 2.06. The molecule has 28 heavy (non-hydrogen) atoms. The summed E-state index contributed by atoms with van der Waals surface area (Å²) in [5.74, 6) is 1.44. The van der Waals surface area contributed by atoms with E-state index in [4.69, 9.17) is 9.15 Å². The number of rotatable bonds is 7. The number of hydrogen-bond donors (Lipinski definition) is 3. The van der Waals surface area contributed by atoms with E-state index in [2.05, 4.69) is 16.0 Å². The van der Waals surface area contributed by atoms with Crippen molar-refractivity contribution in [2.24, 2.45) is 0 Å². The smallest absolute Gasteiger partial charge is 0.315 e. The predicted octanol–water partition coefficient (Wildman–Crippen LogP) is 3.82. The number of urea groups is 1. The number of para-hydroxylation sites is 2. The first kappa shape index (κ1) is 19.0. The van der Waals surface area contributed by atoms with Gasteiger partial charge in [-0.05, 0) is 43.3 Å². The van der Waals surface area contributed by atoms with Crippen LogP contribution in [0.25, 0.3) is 0 Å². The van der Waals surface area contributed by atoms with Gasteiger partial charge < -0.3 is 25.1 Å². The Morgan fingerprint density at radius 3 is 2.50 bits per heavy atom. The normalized spacial score (nSPS) is 10.2. The van der Waals surface area contributed by atoms with E-state index in [1.54, 1.807) is 30.3 Å². The number of nitrogens with one attached hydrogen (secondary N) is 3. The van der Waals surface area contributed by atoms with Crippen molar-refractivity contribution >= 4 is 17.6 Å². The van der Waals surface area contributed by atoms with Gasteiger partial charge in [0.2, 0.25) is 5.91 Å². The molecule has 1 heterocycles. The SMILES string of the molecule is Cc1ccc(Oc2ccccc2NC(=O)CNC(=O)NCc2ccco2)cc1. The third-order valence-corrected chi connectivity index (χ3v) is 3.82. The van der Waals surface area contributed by atoms with E-state index in [1.165, 1.54) is 6.26 Å². The molecule has 0 saturated heterocycles. The Kier molecular flexibility index (Phi) is 6.30. The van der Waals surface area contributed by atoms with Crippen molar-refractivity contribution < 1.29 is 18.7 Å². The van der Waals surface area contributed by atoms with Gasteiger partial charge in [0, 0.05) is 0 Å². The molecule has 0 unspecified atom stereocenters. The number of aryl methyl sites for hydroxylation is 1. The molecule has 0 radical (unpaired) electrons. The highest BCUT2D eigenvalue weighted by Gasteiger charge is 2.10. The van der Waals surface area contributed by atoms with E-state index in [0.29, 0.717) is 22.9 Å². The first-order chi connectivity index (χ1) is 13.6. The lowest BCUT2D eigenvalue weighted by Gasteiger charge is -2.13. The summed E-state index contributed by atoms with van der Waals surface area (Å²) in [7, 11) is 0. The third-order valence-electron chi connectivity index (χ3n) is 3.82. The summed E-state index contributed by atoms with van der Waals surface area (Å²) < 4.78 is 11.0. The summed E-state index contributed by atoms with van der Waals surface area (Å²) in [4.78, 5) is 23.9. The van der Waals surface area contributed by atoms with Gasteiger partial charge >= 0.3 is 6.03 Å². The Labute approximate surface area is 162 Å². The molecule has 0 aliphatic heterocycles. The fraction of sp³-hybridized carbons (Fsp3) is 0.143. The lowest BCUT2D eigenvalue weighted by atomic mass is 10.2. The number of carbonyl (C=O) groups excluding carboxylic acids is 2. The van der Waals surface area contributed by atoms with Gasteiger partial charge in [-0.3, -0.25) is 4.79 Å². The summed E-state index contributed by atoms with van der Waals surface area (Å²) in [5, 5.41) is 7.84. The maximum atomic E-state index is 12.2. The van der Waals surface area contributed by atoms with Crippen LogP contribution in [0.3, 0.4) is 0 Å². The van der Waals surface area contributed by atoms with Crippen LogP contribution in [0.1, 0.15) is 11.3 Å². The van der Waals surface area contributed by atoms with Crippen molar-refractivity contribution in [1.29, 1.82) is 0 Å². The molecule has 1 aromatic heterocycles. The van der Waals surface area contributed by atoms with Gasteiger partial charge in [-0.25, -0.2) is 4.79 Å². The number of anilines is 1. The number of carbonyl (C=O) groups is 2. The zero-order valence-corrected chi connectivity index (χ0v) is 15.4. The molecule has 0 saturated carbocycles. The van der Waals surface area contributed by atoms with Crippen molar-refractivity contribution in [3.63, 3.8) is 0 Å². The maximum Gasteiger partial charge on any atom is 0.315 e. The average molecular weight is 379 g/mol. The summed E-state index contributed by atoms with van der Waals surface area (Å²) in [5.41, 5.74) is 1.65. The zero-order chi connectivity index (χ0) is 19.8. The van der Waals surface area contributed by atoms with Crippen molar-refractivity contribution in [3.8, 4) is 11.5 Å². The fourth-order valence-corrected chi connectivity index (χ4v) is 2.39. The fourth-order valence-electron chi connectivity index (χ4n) is 2.39. The second-order valence-corrected chi connectivity index (χ2v) is 6.08. The Morgan fingerprint density at radius 2 is 1.75 bits per heavy atom. The van der Waals surface area contributed by atoms with E-state index in [0.717, 1.165) is 5.56 Å². The van der Waals surface area contributed by atoms with Crippen molar-refractivity contribution in [2.45, 2.75) is 13.5 Å². The molecule has 3 N–H and O–H groups in total. The van der Waals surface area contributed by atoms with Gasteiger partial charge in [0.25, 0.3) is 0 Å². The first-order valence-corrected chi connectivity index (χ1v) is 8.77. The van der Waals surface area contributed by atoms with Crippen LogP contribution < -0.4 is 20.7 Å². The summed E-state index contributed by atoms with van der Waals surface area (Å²) in [6, 6.07) is 17.7. The molecule has 7 heteroatoms. The molecule has 144 valence electrons. The van der Waals surface area contributed by atoms with Gasteiger partial charge in [0.05, 0.1) is 25.0 Å². The molecule has 3 aromatic rings. The monoisotopic (exact) mass is 379 g/mol. The van der Waals surface area contributed by atoms with Gasteiger partial charge in [-0.15, -0.1) is 0 Å². The van der Waals surface area contributed by atoms with Crippen LogP contribution in [0, 0.1) is 6.92 Å². The van der Waals surface area contributed by atoms with E-state index in [9.17, 15) is 9.59 Å². The molecule has 0 aliphatic rings. The van der Waals surface area contributed by atoms with Crippen molar-refractivity contribution in [2.75, 3.05) is 11.9 Å². The highest BCUT2D eigenvalue weighted by atomic mass is 16.5. The molecule has 7 nitrogen and oxygen atoms in total. The van der Waals surface area contributed by atoms with Crippen LogP contribution in [-0.4, -0.2) is 18.5 Å². The number of hydrogen-bond acceptors (Lipinski definition) is 4. The first-order valence-electron chi connectivity index (χ1n) is 8.77. The maximum absolute atomic E-state index is 12.2. The van der Waals surface area contributed by atoms with Gasteiger partial charge in [-0.1, -0.05) is 29.8 Å². The van der Waals surface area contributed by atoms with Gasteiger partial charge in [-0.2, -0.15) is 0 Å². The van der Waals surface area contributed by atoms with Gasteiger partial charge in [0.15, 0.2) is 5.75 Å². The van der Waals surface area contributed by atoms with E-state index in [1.807, 2.05) is 37.3 Å². The van der Waals surface area contributed by atoms with Crippen LogP contribution in [0.5, 0.6) is 11.5 Å². The number of furan rings is 1. The second kappa shape index (κ2) is 9.27. The molecule has 0 spiro atoms. The topological polar surface area (TPSA) is 92.6 Å². The van der Waals surface area contributed by atoms with Gasteiger partial charge in [0.1, 0.15) is 11.5 Å². The molecule has 0 bridgehead atoms. The standard InChI is InChI=1S/C21H21N3O4/c1-15-8-10-16(11-9-15)28-19-7-3-2-6-18(19)24-20(25)14-23-21(26)22-13-17-5-4-12-27-17/h2-12H,13-14H2,1H3,(H,24,25)(H2,22,23,26). The molecule has 0 aliphatic carbocycles. The summed E-state index contributed by atoms with van der Waals surface area (Å²) >= 11 is 0. The van der Waals surface area contributed by atoms with E-state index in [-0.39, 0.29) is 19.0 Å². The Hall–Kier alpha value is -3.74. The third kappa shape index (κ3) is 5.63. The molecular formula is C21H21N3O4. The van der Waals surface area contributed by atoms with E-state index >= 15 is 0 Å². The molecule has 2 aromatic carbocycles. The predicted molar refractivity (Wildman–Crippen MR) is 105 cm³/mol. The van der Waals surface area contributed by atoms with Crippen LogP contribution in [-0.2, 0) is 11.3 Å². The van der Waals surface area contributed by atoms with Crippen molar-refractivity contribution in [3.05, 3.63) is 78.3 Å². The minimum Gasteiger partial charge on any atom is -0.467 e. The second-order valence-electron chi connectivity index (χ2n) is 6.08. The van der Waals surface area contributed by atoms with Crippen LogP contribution in [0.2, 0.25) is 0 Å². The highest BCUT2D eigenvalue weighted by molar-refractivity contribution is 5.95. The average Bonchev–Trinajstić information content (AvgIpc) is 3.22. The minimum atomic E-state index is -0.462. The Balaban J connectivity index is 1.51. The Morgan fingerprint density at radius 1 is 0.964 bits per heavy atom. The number of benzene rings is 2. The number of ether oxygens (including phenoxy) is 1. The molecule has 3 amide bonds. The quantitative estimate of drug-likeness (QED) is 0.582. The summed E-state index contributed by atoms with van der Waals surface area (Å²) in [6.07, 6.45) is 1.53. The lowest BCUT2D eigenvalue weighted by Crippen LogP contribution is -2.39. The highest BCUT2D eigenvalue weighted by Crippen LogP contribution is 2.29. The van der Waals surface area contributed by atoms with Crippen LogP contribution in [0.4, 0.5) is 10.5 Å². The molecule has 0 atom stereocenters. The lowest BCUT2D eigenvalue weighted by molar-refractivity contribution is -0.115. The Bertz CT molecular complexity index is 921. The van der Waals surface area contributed by atoms with E-state index < -0.39 is 6.03 Å². The number of amides is 3.